The highest BCUT2D eigenvalue weighted by Crippen LogP contribution is 2.38. The van der Waals surface area contributed by atoms with Gasteiger partial charge in [-0.2, -0.15) is 10.2 Å². The van der Waals surface area contributed by atoms with Gasteiger partial charge in [-0.05, 0) is 77.4 Å². The van der Waals surface area contributed by atoms with Gasteiger partial charge in [0.2, 0.25) is 0 Å². The average molecular weight is 636 g/mol. The largest absolute Gasteiger partial charge is 0.326 e. The lowest BCUT2D eigenvalue weighted by molar-refractivity contribution is 0.315. The van der Waals surface area contributed by atoms with Crippen LogP contribution in [0.3, 0.4) is 0 Å². The van der Waals surface area contributed by atoms with E-state index in [2.05, 4.69) is 100 Å². The third kappa shape index (κ3) is 7.21. The first-order valence-corrected chi connectivity index (χ1v) is 15.8. The van der Waals surface area contributed by atoms with Gasteiger partial charge in [-0.3, -0.25) is 10.2 Å². The summed E-state index contributed by atoms with van der Waals surface area (Å²) in [4.78, 5) is 0. The fourth-order valence-corrected chi connectivity index (χ4v) is 6.28. The number of nitrogens with zero attached hydrogens (tertiary/aromatic N) is 2. The Bertz CT molecular complexity index is 1780. The summed E-state index contributed by atoms with van der Waals surface area (Å²) in [5.74, 6) is 0.0479. The van der Waals surface area contributed by atoms with Crippen molar-refractivity contribution in [2.75, 3.05) is 0 Å². The van der Waals surface area contributed by atoms with Crippen molar-refractivity contribution in [1.29, 1.82) is 0 Å². The molecule has 4 aromatic carbocycles. The van der Waals surface area contributed by atoms with Crippen molar-refractivity contribution in [1.82, 2.24) is 20.4 Å². The normalized spacial score (nSPS) is 14.9. The first-order chi connectivity index (χ1) is 21.8. The van der Waals surface area contributed by atoms with E-state index in [0.29, 0.717) is 22.9 Å². The van der Waals surface area contributed by atoms with Crippen molar-refractivity contribution >= 4 is 23.2 Å². The fourth-order valence-electron chi connectivity index (χ4n) is 6.03. The van der Waals surface area contributed by atoms with E-state index in [1.807, 2.05) is 49.1 Å². The summed E-state index contributed by atoms with van der Waals surface area (Å²) in [6, 6.07) is 32.9. The first kappa shape index (κ1) is 30.8. The molecular weight excluding hydrogens is 599 g/mol. The predicted octanol–water partition coefficient (Wildman–Crippen LogP) is 8.56. The molecule has 0 saturated heterocycles. The maximum atomic E-state index is 7.19. The van der Waals surface area contributed by atoms with E-state index < -0.39 is 5.54 Å². The second-order valence-electron chi connectivity index (χ2n) is 12.0. The van der Waals surface area contributed by atoms with Crippen molar-refractivity contribution in [2.45, 2.75) is 43.2 Å². The summed E-state index contributed by atoms with van der Waals surface area (Å²) in [6.07, 6.45) is 8.74. The number of aromatic nitrogens is 4. The number of nitrogens with one attached hydrogen (secondary N) is 2. The molecular formula is C37H36Cl2N6. The van der Waals surface area contributed by atoms with Crippen LogP contribution in [0.25, 0.3) is 22.3 Å². The number of H-pyrrole nitrogens is 2. The standard InChI is InChI=1S/C37H36Cl2N6/c1-37(41,19-35(29-12-16-33(39)17-13-29)28-8-4-25(5-9-28)31-22-44-45-23-31)36(40)18-34(27-10-14-32(38)15-11-27)26-6-2-24(3-7-26)30-20-42-43-21-30/h2-17,20-23,34-36H,18-19,40-41H2,1H3,(H,42,43)(H,44,45). The van der Waals surface area contributed by atoms with E-state index in [1.165, 1.54) is 5.56 Å². The molecule has 2 aromatic heterocycles. The average Bonchev–Trinajstić information content (AvgIpc) is 3.80. The van der Waals surface area contributed by atoms with Gasteiger partial charge in [0.25, 0.3) is 0 Å². The van der Waals surface area contributed by atoms with Crippen LogP contribution in [-0.4, -0.2) is 32.0 Å². The Morgan fingerprint density at radius 1 is 0.600 bits per heavy atom. The van der Waals surface area contributed by atoms with Crippen molar-refractivity contribution in [3.63, 3.8) is 0 Å². The minimum absolute atomic E-state index is 0.0185. The van der Waals surface area contributed by atoms with E-state index in [-0.39, 0.29) is 17.9 Å². The number of hydrogen-bond acceptors (Lipinski definition) is 4. The smallest absolute Gasteiger partial charge is 0.0565 e. The lowest BCUT2D eigenvalue weighted by atomic mass is 9.74. The van der Waals surface area contributed by atoms with Gasteiger partial charge in [-0.25, -0.2) is 0 Å². The molecule has 0 bridgehead atoms. The van der Waals surface area contributed by atoms with Crippen LogP contribution >= 0.6 is 23.2 Å². The highest BCUT2D eigenvalue weighted by Gasteiger charge is 2.34. The van der Waals surface area contributed by atoms with E-state index in [0.717, 1.165) is 38.9 Å². The molecule has 0 aliphatic carbocycles. The Morgan fingerprint density at radius 3 is 1.36 bits per heavy atom. The van der Waals surface area contributed by atoms with E-state index >= 15 is 0 Å². The molecule has 8 heteroatoms. The lowest BCUT2D eigenvalue weighted by Gasteiger charge is -2.37. The molecule has 2 heterocycles. The predicted molar refractivity (Wildman–Crippen MR) is 184 cm³/mol. The van der Waals surface area contributed by atoms with Crippen molar-refractivity contribution in [3.8, 4) is 22.3 Å². The molecule has 0 spiro atoms. The van der Waals surface area contributed by atoms with Gasteiger partial charge in [0, 0.05) is 57.0 Å². The topological polar surface area (TPSA) is 109 Å². The fraction of sp³-hybridized carbons (Fsp3) is 0.189. The third-order valence-corrected chi connectivity index (χ3v) is 9.32. The Labute approximate surface area is 273 Å². The molecule has 4 unspecified atom stereocenters. The van der Waals surface area contributed by atoms with Gasteiger partial charge in [0.1, 0.15) is 0 Å². The molecule has 4 atom stereocenters. The van der Waals surface area contributed by atoms with Crippen LogP contribution in [0, 0.1) is 0 Å². The van der Waals surface area contributed by atoms with Crippen LogP contribution in [0.5, 0.6) is 0 Å². The lowest BCUT2D eigenvalue weighted by Crippen LogP contribution is -2.54. The van der Waals surface area contributed by atoms with Crippen LogP contribution in [-0.2, 0) is 0 Å². The second kappa shape index (κ2) is 13.4. The van der Waals surface area contributed by atoms with E-state index in [1.54, 1.807) is 0 Å². The zero-order chi connectivity index (χ0) is 31.4. The van der Waals surface area contributed by atoms with Gasteiger partial charge < -0.3 is 11.5 Å². The summed E-state index contributed by atoms with van der Waals surface area (Å²) >= 11 is 12.6. The molecule has 6 N–H and O–H groups in total. The van der Waals surface area contributed by atoms with Crippen LogP contribution < -0.4 is 11.5 Å². The van der Waals surface area contributed by atoms with Gasteiger partial charge in [0.05, 0.1) is 12.4 Å². The number of rotatable bonds is 11. The molecule has 0 amide bonds. The minimum atomic E-state index is -0.699. The summed E-state index contributed by atoms with van der Waals surface area (Å²) < 4.78 is 0. The van der Waals surface area contributed by atoms with Gasteiger partial charge in [-0.1, -0.05) is 96.0 Å². The summed E-state index contributed by atoms with van der Waals surface area (Å²) in [7, 11) is 0. The highest BCUT2D eigenvalue weighted by molar-refractivity contribution is 6.30. The molecule has 0 saturated carbocycles. The summed E-state index contributed by atoms with van der Waals surface area (Å²) in [5.41, 5.74) is 22.5. The van der Waals surface area contributed by atoms with Gasteiger partial charge >= 0.3 is 0 Å². The maximum absolute atomic E-state index is 7.19. The van der Waals surface area contributed by atoms with Crippen molar-refractivity contribution < 1.29 is 0 Å². The number of benzene rings is 4. The zero-order valence-electron chi connectivity index (χ0n) is 25.0. The van der Waals surface area contributed by atoms with Crippen LogP contribution in [0.2, 0.25) is 10.0 Å². The number of aromatic amines is 2. The molecule has 45 heavy (non-hydrogen) atoms. The Hall–Kier alpha value is -4.20. The molecule has 6 nitrogen and oxygen atoms in total. The van der Waals surface area contributed by atoms with Crippen LogP contribution in [0.15, 0.2) is 122 Å². The molecule has 0 aliphatic heterocycles. The highest BCUT2D eigenvalue weighted by atomic mass is 35.5. The molecule has 0 aliphatic rings. The first-order valence-electron chi connectivity index (χ1n) is 15.0. The quantitative estimate of drug-likeness (QED) is 0.114. The number of hydrogen-bond donors (Lipinski definition) is 4. The molecule has 0 fully saturated rings. The Kier molecular flexibility index (Phi) is 9.19. The Morgan fingerprint density at radius 2 is 0.978 bits per heavy atom. The van der Waals surface area contributed by atoms with Gasteiger partial charge in [0.15, 0.2) is 0 Å². The van der Waals surface area contributed by atoms with Crippen LogP contribution in [0.4, 0.5) is 0 Å². The van der Waals surface area contributed by atoms with E-state index in [4.69, 9.17) is 34.7 Å². The number of halogens is 2. The zero-order valence-corrected chi connectivity index (χ0v) is 26.5. The monoisotopic (exact) mass is 634 g/mol. The minimum Gasteiger partial charge on any atom is -0.326 e. The summed E-state index contributed by atoms with van der Waals surface area (Å²) in [6.45, 7) is 2.07. The van der Waals surface area contributed by atoms with Crippen LogP contribution in [0.1, 0.15) is 53.9 Å². The summed E-state index contributed by atoms with van der Waals surface area (Å²) in [5, 5.41) is 15.3. The molecule has 228 valence electrons. The molecule has 0 radical (unpaired) electrons. The van der Waals surface area contributed by atoms with Crippen molar-refractivity contribution in [3.05, 3.63) is 154 Å². The van der Waals surface area contributed by atoms with E-state index in [9.17, 15) is 0 Å². The third-order valence-electron chi connectivity index (χ3n) is 8.81. The maximum Gasteiger partial charge on any atom is 0.0565 e. The number of nitrogens with two attached hydrogens (primary N) is 2. The Balaban J connectivity index is 1.28. The molecule has 6 aromatic rings. The van der Waals surface area contributed by atoms with Gasteiger partial charge in [-0.15, -0.1) is 0 Å². The second-order valence-corrected chi connectivity index (χ2v) is 12.9. The van der Waals surface area contributed by atoms with Crippen molar-refractivity contribution in [2.24, 2.45) is 11.5 Å². The SMILES string of the molecule is CC(N)(CC(c1ccc(Cl)cc1)c1ccc(-c2cn[nH]c2)cc1)C(N)CC(c1ccc(Cl)cc1)c1ccc(-c2cn[nH]c2)cc1. The molecule has 6 rings (SSSR count).